The van der Waals surface area contributed by atoms with Crippen LogP contribution in [0.1, 0.15) is 21.5 Å². The number of carbonyl (C=O) groups is 1. The Kier molecular flexibility index (Phi) is 3.76. The molecule has 0 atom stereocenters. The van der Waals surface area contributed by atoms with Gasteiger partial charge in [0.2, 0.25) is 0 Å². The van der Waals surface area contributed by atoms with Gasteiger partial charge in [-0.25, -0.2) is 0 Å². The number of carbonyl (C=O) groups excluding carboxylic acids is 1. The zero-order valence-electron chi connectivity index (χ0n) is 11.1. The Bertz CT molecular complexity index is 628. The number of aryl methyl sites for hydroxylation is 2. The maximum atomic E-state index is 12.1. The first-order valence-corrected chi connectivity index (χ1v) is 6.12. The lowest BCUT2D eigenvalue weighted by molar-refractivity contribution is -0.568. The first-order valence-electron chi connectivity index (χ1n) is 6.12. The molecule has 0 unspecified atom stereocenters. The minimum atomic E-state index is 0.00169. The molecule has 0 saturated carbocycles. The summed E-state index contributed by atoms with van der Waals surface area (Å²) in [6.45, 7) is 3.96. The highest BCUT2D eigenvalue weighted by molar-refractivity contribution is 6.06. The maximum absolute atomic E-state index is 12.1. The molecule has 1 heterocycles. The standard InChI is InChI=1S/C16H16N2O/c1-12-3-4-15(13(2)11-12)16(19)7-10-18-8-5-14(17)6-9-18/h3-11,17H,1-2H3/p+1/b10-7+. The number of nitrogen functional groups attached to an aromatic ring is 1. The van der Waals surface area contributed by atoms with Gasteiger partial charge in [-0.05, 0) is 19.4 Å². The Morgan fingerprint density at radius 3 is 2.47 bits per heavy atom. The zero-order valence-corrected chi connectivity index (χ0v) is 11.1. The fraction of sp³-hybridized carbons (Fsp3) is 0.125. The molecule has 19 heavy (non-hydrogen) atoms. The second kappa shape index (κ2) is 5.48. The predicted octanol–water partition coefficient (Wildman–Crippen LogP) is 2.53. The van der Waals surface area contributed by atoms with Crippen molar-refractivity contribution in [2.75, 3.05) is 5.73 Å². The first kappa shape index (κ1) is 13.0. The summed E-state index contributed by atoms with van der Waals surface area (Å²) in [5.41, 5.74) is 9.19. The average Bonchev–Trinajstić information content (AvgIpc) is 2.37. The van der Waals surface area contributed by atoms with Crippen LogP contribution >= 0.6 is 0 Å². The van der Waals surface area contributed by atoms with E-state index in [1.807, 2.05) is 32.0 Å². The summed E-state index contributed by atoms with van der Waals surface area (Å²) < 4.78 is 1.79. The Labute approximate surface area is 113 Å². The van der Waals surface area contributed by atoms with Gasteiger partial charge in [-0.3, -0.25) is 4.79 Å². The van der Waals surface area contributed by atoms with E-state index >= 15 is 0 Å². The molecular formula is C16H17N2O+. The van der Waals surface area contributed by atoms with E-state index in [9.17, 15) is 4.79 Å². The fourth-order valence-corrected chi connectivity index (χ4v) is 1.88. The normalized spacial score (nSPS) is 10.8. The van der Waals surface area contributed by atoms with Crippen LogP contribution in [0.3, 0.4) is 0 Å². The SMILES string of the molecule is Cc1ccc(C(=O)/C=C/[n+]2ccc(N)cc2)c(C)c1. The summed E-state index contributed by atoms with van der Waals surface area (Å²) in [6.07, 6.45) is 6.90. The molecule has 1 aromatic carbocycles. The molecular weight excluding hydrogens is 236 g/mol. The summed E-state index contributed by atoms with van der Waals surface area (Å²) in [4.78, 5) is 12.1. The summed E-state index contributed by atoms with van der Waals surface area (Å²) in [7, 11) is 0. The van der Waals surface area contributed by atoms with E-state index in [2.05, 4.69) is 0 Å². The Morgan fingerprint density at radius 1 is 1.16 bits per heavy atom. The van der Waals surface area contributed by atoms with Crippen LogP contribution < -0.4 is 10.3 Å². The first-order chi connectivity index (χ1) is 9.06. The molecule has 2 N–H and O–H groups in total. The van der Waals surface area contributed by atoms with E-state index in [0.717, 1.165) is 16.7 Å². The van der Waals surface area contributed by atoms with Crippen molar-refractivity contribution < 1.29 is 9.36 Å². The van der Waals surface area contributed by atoms with E-state index < -0.39 is 0 Å². The van der Waals surface area contributed by atoms with Crippen LogP contribution in [0.5, 0.6) is 0 Å². The van der Waals surface area contributed by atoms with Crippen molar-refractivity contribution >= 4 is 17.7 Å². The lowest BCUT2D eigenvalue weighted by Gasteiger charge is -2.02. The van der Waals surface area contributed by atoms with Gasteiger partial charge in [0.25, 0.3) is 0 Å². The molecule has 0 amide bonds. The van der Waals surface area contributed by atoms with Crippen molar-refractivity contribution in [3.05, 3.63) is 65.5 Å². The highest BCUT2D eigenvalue weighted by Gasteiger charge is 2.06. The number of rotatable bonds is 3. The summed E-state index contributed by atoms with van der Waals surface area (Å²) in [5, 5.41) is 0. The van der Waals surface area contributed by atoms with Crippen molar-refractivity contribution in [3.63, 3.8) is 0 Å². The van der Waals surface area contributed by atoms with Gasteiger partial charge in [0.05, 0.1) is 6.08 Å². The molecule has 0 aliphatic carbocycles. The van der Waals surface area contributed by atoms with Crippen LogP contribution in [0.4, 0.5) is 5.69 Å². The predicted molar refractivity (Wildman–Crippen MR) is 76.6 cm³/mol. The number of benzene rings is 1. The van der Waals surface area contributed by atoms with E-state index in [0.29, 0.717) is 5.69 Å². The third-order valence-electron chi connectivity index (χ3n) is 2.92. The maximum Gasteiger partial charge on any atom is 0.192 e. The number of aromatic nitrogens is 1. The van der Waals surface area contributed by atoms with Gasteiger partial charge in [-0.1, -0.05) is 23.8 Å². The third-order valence-corrected chi connectivity index (χ3v) is 2.92. The van der Waals surface area contributed by atoms with Gasteiger partial charge in [0.15, 0.2) is 24.4 Å². The topological polar surface area (TPSA) is 47.0 Å². The van der Waals surface area contributed by atoms with E-state index in [1.54, 1.807) is 41.4 Å². The molecule has 2 aromatic rings. The number of nitrogens with two attached hydrogens (primary N) is 1. The van der Waals surface area contributed by atoms with E-state index in [4.69, 9.17) is 5.73 Å². The number of nitrogens with zero attached hydrogens (tertiary/aromatic N) is 1. The molecule has 96 valence electrons. The molecule has 3 nitrogen and oxygen atoms in total. The lowest BCUT2D eigenvalue weighted by Crippen LogP contribution is -2.24. The van der Waals surface area contributed by atoms with Gasteiger partial charge >= 0.3 is 0 Å². The number of hydrogen-bond donors (Lipinski definition) is 1. The molecule has 2 rings (SSSR count). The molecule has 0 bridgehead atoms. The smallest absolute Gasteiger partial charge is 0.192 e. The summed E-state index contributed by atoms with van der Waals surface area (Å²) in [5.74, 6) is 0.00169. The van der Waals surface area contributed by atoms with Crippen LogP contribution in [0.2, 0.25) is 0 Å². The van der Waals surface area contributed by atoms with Crippen LogP contribution in [0, 0.1) is 13.8 Å². The van der Waals surface area contributed by atoms with Gasteiger partial charge in [0, 0.05) is 23.4 Å². The van der Waals surface area contributed by atoms with Crippen LogP contribution in [0.15, 0.2) is 48.8 Å². The monoisotopic (exact) mass is 253 g/mol. The van der Waals surface area contributed by atoms with Crippen LogP contribution in [-0.2, 0) is 0 Å². The highest BCUT2D eigenvalue weighted by atomic mass is 16.1. The molecule has 3 heteroatoms. The van der Waals surface area contributed by atoms with Crippen molar-refractivity contribution in [1.82, 2.24) is 0 Å². The summed E-state index contributed by atoms with van der Waals surface area (Å²) in [6, 6.07) is 9.39. The Morgan fingerprint density at radius 2 is 1.84 bits per heavy atom. The van der Waals surface area contributed by atoms with Crippen LogP contribution in [0.25, 0.3) is 6.20 Å². The van der Waals surface area contributed by atoms with E-state index in [1.165, 1.54) is 0 Å². The fourth-order valence-electron chi connectivity index (χ4n) is 1.88. The van der Waals surface area contributed by atoms with Gasteiger partial charge < -0.3 is 5.73 Å². The number of pyridine rings is 1. The molecule has 0 spiro atoms. The molecule has 0 aliphatic rings. The molecule has 0 radical (unpaired) electrons. The zero-order chi connectivity index (χ0) is 13.8. The Hall–Kier alpha value is -2.42. The number of hydrogen-bond acceptors (Lipinski definition) is 2. The molecule has 0 saturated heterocycles. The highest BCUT2D eigenvalue weighted by Crippen LogP contribution is 2.11. The van der Waals surface area contributed by atoms with Gasteiger partial charge in [-0.15, -0.1) is 0 Å². The lowest BCUT2D eigenvalue weighted by atomic mass is 10.0. The summed E-state index contributed by atoms with van der Waals surface area (Å²) >= 11 is 0. The largest absolute Gasteiger partial charge is 0.398 e. The van der Waals surface area contributed by atoms with Crippen molar-refractivity contribution in [1.29, 1.82) is 0 Å². The van der Waals surface area contributed by atoms with Crippen LogP contribution in [-0.4, -0.2) is 5.78 Å². The van der Waals surface area contributed by atoms with Gasteiger partial charge in [0.1, 0.15) is 0 Å². The second-order valence-electron chi connectivity index (χ2n) is 4.58. The van der Waals surface area contributed by atoms with E-state index in [-0.39, 0.29) is 5.78 Å². The Balaban J connectivity index is 2.18. The van der Waals surface area contributed by atoms with Crippen molar-refractivity contribution in [2.45, 2.75) is 13.8 Å². The second-order valence-corrected chi connectivity index (χ2v) is 4.58. The molecule has 1 aromatic heterocycles. The number of anilines is 1. The molecule has 0 aliphatic heterocycles. The van der Waals surface area contributed by atoms with Crippen molar-refractivity contribution in [3.8, 4) is 0 Å². The van der Waals surface area contributed by atoms with Crippen molar-refractivity contribution in [2.24, 2.45) is 0 Å². The molecule has 0 fully saturated rings. The number of allylic oxidation sites excluding steroid dienone is 1. The third kappa shape index (κ3) is 3.28. The van der Waals surface area contributed by atoms with Gasteiger partial charge in [-0.2, -0.15) is 4.57 Å². The average molecular weight is 253 g/mol. The minimum absolute atomic E-state index is 0.00169. The number of ketones is 1. The minimum Gasteiger partial charge on any atom is -0.398 e. The quantitative estimate of drug-likeness (QED) is 0.519.